The van der Waals surface area contributed by atoms with Crippen molar-refractivity contribution in [2.75, 3.05) is 13.2 Å². The molecule has 1 aliphatic heterocycles. The van der Waals surface area contributed by atoms with Crippen molar-refractivity contribution < 1.29 is 4.74 Å². The molecule has 24 heavy (non-hydrogen) atoms. The van der Waals surface area contributed by atoms with Crippen molar-refractivity contribution in [2.45, 2.75) is 50.9 Å². The molecule has 0 amide bonds. The summed E-state index contributed by atoms with van der Waals surface area (Å²) in [5.74, 6) is 0.652. The van der Waals surface area contributed by atoms with E-state index >= 15 is 0 Å². The van der Waals surface area contributed by atoms with Crippen molar-refractivity contribution in [3.05, 3.63) is 59.4 Å². The second-order valence-electron chi connectivity index (χ2n) is 7.06. The van der Waals surface area contributed by atoms with Gasteiger partial charge in [0.05, 0.1) is 11.9 Å². The van der Waals surface area contributed by atoms with Crippen LogP contribution < -0.4 is 0 Å². The minimum atomic E-state index is 0.652. The maximum absolute atomic E-state index is 5.46. The minimum Gasteiger partial charge on any atom is -0.381 e. The van der Waals surface area contributed by atoms with E-state index in [4.69, 9.17) is 4.74 Å². The van der Waals surface area contributed by atoms with Gasteiger partial charge in [-0.1, -0.05) is 23.8 Å². The van der Waals surface area contributed by atoms with Crippen LogP contribution in [-0.4, -0.2) is 23.0 Å². The molecule has 1 aliphatic carbocycles. The van der Waals surface area contributed by atoms with Gasteiger partial charge in [-0.15, -0.1) is 0 Å². The number of rotatable bonds is 4. The Balaban J connectivity index is 1.44. The average Bonchev–Trinajstić information content (AvgIpc) is 3.12. The second kappa shape index (κ2) is 7.35. The summed E-state index contributed by atoms with van der Waals surface area (Å²) in [5, 5.41) is 4.56. The average molecular weight is 322 g/mol. The van der Waals surface area contributed by atoms with E-state index in [1.807, 2.05) is 10.9 Å². The van der Waals surface area contributed by atoms with Gasteiger partial charge < -0.3 is 4.74 Å². The van der Waals surface area contributed by atoms with E-state index in [1.165, 1.54) is 36.8 Å². The van der Waals surface area contributed by atoms with E-state index < -0.39 is 0 Å². The van der Waals surface area contributed by atoms with Crippen molar-refractivity contribution in [3.63, 3.8) is 0 Å². The fourth-order valence-corrected chi connectivity index (χ4v) is 3.85. The van der Waals surface area contributed by atoms with E-state index in [9.17, 15) is 0 Å². The lowest BCUT2D eigenvalue weighted by Crippen LogP contribution is -2.14. The molecular weight excluding hydrogens is 296 g/mol. The Morgan fingerprint density at radius 1 is 1.08 bits per heavy atom. The third-order valence-corrected chi connectivity index (χ3v) is 5.30. The molecule has 0 radical (unpaired) electrons. The number of allylic oxidation sites excluding steroid dienone is 2. The summed E-state index contributed by atoms with van der Waals surface area (Å²) in [6.07, 6.45) is 15.1. The molecule has 3 nitrogen and oxygen atoms in total. The number of nitrogens with zero attached hydrogens (tertiary/aromatic N) is 2. The summed E-state index contributed by atoms with van der Waals surface area (Å²) in [4.78, 5) is 0. The van der Waals surface area contributed by atoms with E-state index in [-0.39, 0.29) is 0 Å². The third kappa shape index (κ3) is 3.62. The summed E-state index contributed by atoms with van der Waals surface area (Å²) in [6, 6.07) is 8.91. The van der Waals surface area contributed by atoms with Gasteiger partial charge in [-0.2, -0.15) is 5.10 Å². The van der Waals surface area contributed by atoms with Gasteiger partial charge in [-0.05, 0) is 74.1 Å². The van der Waals surface area contributed by atoms with Crippen LogP contribution in [0.5, 0.6) is 0 Å². The molecule has 1 saturated heterocycles. The highest BCUT2D eigenvalue weighted by atomic mass is 16.5. The molecule has 1 aromatic carbocycles. The van der Waals surface area contributed by atoms with Crippen LogP contribution in [0.1, 0.15) is 55.6 Å². The first kappa shape index (κ1) is 15.6. The molecule has 2 aromatic rings. The van der Waals surface area contributed by atoms with E-state index in [0.29, 0.717) is 5.92 Å². The van der Waals surface area contributed by atoms with Gasteiger partial charge in [0.1, 0.15) is 0 Å². The smallest absolute Gasteiger partial charge is 0.0645 e. The first-order valence-corrected chi connectivity index (χ1v) is 9.28. The highest BCUT2D eigenvalue weighted by molar-refractivity contribution is 5.36. The molecular formula is C21H26N2O. The van der Waals surface area contributed by atoms with Crippen LogP contribution in [0, 0.1) is 0 Å². The van der Waals surface area contributed by atoms with Crippen molar-refractivity contribution in [3.8, 4) is 5.69 Å². The van der Waals surface area contributed by atoms with Crippen LogP contribution >= 0.6 is 0 Å². The highest BCUT2D eigenvalue weighted by Gasteiger charge is 2.15. The molecule has 1 fully saturated rings. The summed E-state index contributed by atoms with van der Waals surface area (Å²) in [7, 11) is 0. The molecule has 4 rings (SSSR count). The van der Waals surface area contributed by atoms with Crippen LogP contribution in [0.15, 0.2) is 48.3 Å². The van der Waals surface area contributed by atoms with Crippen LogP contribution in [0.4, 0.5) is 0 Å². The number of hydrogen-bond acceptors (Lipinski definition) is 2. The standard InChI is InChI=1S/C21H26N2O/c1-2-4-17(5-3-1)14-18-15-22-23(16-18)21-8-6-19(7-9-21)20-10-12-24-13-11-20/h4,6-9,15-16,20H,1-3,5,10-14H2. The summed E-state index contributed by atoms with van der Waals surface area (Å²) >= 11 is 0. The predicted molar refractivity (Wildman–Crippen MR) is 96.6 cm³/mol. The molecule has 0 saturated carbocycles. The lowest BCUT2D eigenvalue weighted by Gasteiger charge is -2.22. The van der Waals surface area contributed by atoms with Crippen molar-refractivity contribution in [1.29, 1.82) is 0 Å². The van der Waals surface area contributed by atoms with Gasteiger partial charge in [0.15, 0.2) is 0 Å². The Bertz CT molecular complexity index is 693. The first-order valence-electron chi connectivity index (χ1n) is 9.28. The number of hydrogen-bond donors (Lipinski definition) is 0. The maximum atomic E-state index is 5.46. The minimum absolute atomic E-state index is 0.652. The molecule has 3 heteroatoms. The molecule has 0 atom stereocenters. The molecule has 1 aromatic heterocycles. The maximum Gasteiger partial charge on any atom is 0.0645 e. The zero-order valence-electron chi connectivity index (χ0n) is 14.3. The van der Waals surface area contributed by atoms with Crippen LogP contribution in [0.25, 0.3) is 5.69 Å². The van der Waals surface area contributed by atoms with Gasteiger partial charge >= 0.3 is 0 Å². The first-order chi connectivity index (χ1) is 11.9. The van der Waals surface area contributed by atoms with E-state index in [2.05, 4.69) is 41.6 Å². The number of aromatic nitrogens is 2. The Morgan fingerprint density at radius 2 is 1.92 bits per heavy atom. The monoisotopic (exact) mass is 322 g/mol. The van der Waals surface area contributed by atoms with Gasteiger partial charge in [-0.25, -0.2) is 4.68 Å². The van der Waals surface area contributed by atoms with E-state index in [0.717, 1.165) is 38.2 Å². The molecule has 2 aliphatic rings. The molecule has 2 heterocycles. The molecule has 0 bridgehead atoms. The van der Waals surface area contributed by atoms with Crippen molar-refractivity contribution >= 4 is 0 Å². The lowest BCUT2D eigenvalue weighted by atomic mass is 9.92. The summed E-state index contributed by atoms with van der Waals surface area (Å²) in [5.41, 5.74) is 5.48. The fraction of sp³-hybridized carbons (Fsp3) is 0.476. The Labute approximate surface area is 144 Å². The molecule has 0 unspecified atom stereocenters. The van der Waals surface area contributed by atoms with Gasteiger partial charge in [-0.3, -0.25) is 0 Å². The summed E-state index contributed by atoms with van der Waals surface area (Å²) in [6.45, 7) is 1.79. The topological polar surface area (TPSA) is 27.1 Å². The van der Waals surface area contributed by atoms with Crippen LogP contribution in [-0.2, 0) is 11.2 Å². The van der Waals surface area contributed by atoms with Crippen molar-refractivity contribution in [2.24, 2.45) is 0 Å². The normalized spacial score (nSPS) is 19.2. The van der Waals surface area contributed by atoms with E-state index in [1.54, 1.807) is 5.57 Å². The van der Waals surface area contributed by atoms with Gasteiger partial charge in [0.2, 0.25) is 0 Å². The van der Waals surface area contributed by atoms with Crippen LogP contribution in [0.3, 0.4) is 0 Å². The Morgan fingerprint density at radius 3 is 2.67 bits per heavy atom. The predicted octanol–water partition coefficient (Wildman–Crippen LogP) is 4.81. The zero-order chi connectivity index (χ0) is 16.2. The molecule has 0 N–H and O–H groups in total. The highest BCUT2D eigenvalue weighted by Crippen LogP contribution is 2.27. The number of ether oxygens (including phenoxy) is 1. The SMILES string of the molecule is C1=C(Cc2cnn(-c3ccc(C4CCOCC4)cc3)c2)CCCC1. The largest absolute Gasteiger partial charge is 0.381 e. The Hall–Kier alpha value is -1.87. The summed E-state index contributed by atoms with van der Waals surface area (Å²) < 4.78 is 7.47. The second-order valence-corrected chi connectivity index (χ2v) is 7.06. The number of benzene rings is 1. The van der Waals surface area contributed by atoms with Gasteiger partial charge in [0.25, 0.3) is 0 Å². The fourth-order valence-electron chi connectivity index (χ4n) is 3.85. The van der Waals surface area contributed by atoms with Crippen LogP contribution in [0.2, 0.25) is 0 Å². The lowest BCUT2D eigenvalue weighted by molar-refractivity contribution is 0.0853. The molecule has 0 spiro atoms. The Kier molecular flexibility index (Phi) is 4.79. The van der Waals surface area contributed by atoms with Gasteiger partial charge in [0, 0.05) is 19.4 Å². The molecule has 126 valence electrons. The van der Waals surface area contributed by atoms with Crippen molar-refractivity contribution in [1.82, 2.24) is 9.78 Å². The zero-order valence-corrected chi connectivity index (χ0v) is 14.3. The quantitative estimate of drug-likeness (QED) is 0.755. The third-order valence-electron chi connectivity index (χ3n) is 5.30.